The van der Waals surface area contributed by atoms with E-state index < -0.39 is 0 Å². The van der Waals surface area contributed by atoms with Gasteiger partial charge in [0.25, 0.3) is 0 Å². The zero-order valence-electron chi connectivity index (χ0n) is 10.7. The Morgan fingerprint density at radius 2 is 1.53 bits per heavy atom. The van der Waals surface area contributed by atoms with Crippen LogP contribution in [0.5, 0.6) is 17.2 Å². The molecule has 0 aromatic heterocycles. The van der Waals surface area contributed by atoms with E-state index in [4.69, 9.17) is 14.2 Å². The van der Waals surface area contributed by atoms with Crippen molar-refractivity contribution in [3.63, 3.8) is 0 Å². The molecule has 0 saturated carbocycles. The summed E-state index contributed by atoms with van der Waals surface area (Å²) in [6, 6.07) is 3.41. The highest BCUT2D eigenvalue weighted by Gasteiger charge is 2.19. The summed E-state index contributed by atoms with van der Waals surface area (Å²) in [6.45, 7) is 1.48. The van der Waals surface area contributed by atoms with Crippen LogP contribution in [-0.4, -0.2) is 34.3 Å². The van der Waals surface area contributed by atoms with Gasteiger partial charge in [-0.05, 0) is 0 Å². The number of rotatable bonds is 4. The first-order valence-electron chi connectivity index (χ1n) is 5.09. The maximum Gasteiger partial charge on any atom is 0.223 e. The summed E-state index contributed by atoms with van der Waals surface area (Å²) in [6.07, 6.45) is 0. The Morgan fingerprint density at radius 3 is 1.82 bits per heavy atom. The minimum absolute atomic E-state index is 0.105. The molecule has 0 radical (unpaired) electrons. The predicted octanol–water partition coefficient (Wildman–Crippen LogP) is 1.70. The normalized spacial score (nSPS) is 9.71. The number of hydrogen-bond acceptors (Lipinski definition) is 4. The maximum absolute atomic E-state index is 11.4. The highest BCUT2D eigenvalue weighted by atomic mass is 16.5. The van der Waals surface area contributed by atoms with Crippen LogP contribution in [0, 0.1) is 0 Å². The van der Waals surface area contributed by atoms with E-state index in [0.29, 0.717) is 22.9 Å². The molecular formula is C12H17NO4. The zero-order chi connectivity index (χ0) is 13.0. The van der Waals surface area contributed by atoms with Crippen LogP contribution in [-0.2, 0) is 4.79 Å². The van der Waals surface area contributed by atoms with Crippen LogP contribution in [0.4, 0.5) is 5.69 Å². The molecule has 1 amide bonds. The number of benzene rings is 1. The average molecular weight is 239 g/mol. The van der Waals surface area contributed by atoms with Crippen LogP contribution in [0.3, 0.4) is 0 Å². The Bertz CT molecular complexity index is 392. The van der Waals surface area contributed by atoms with Gasteiger partial charge in [0.1, 0.15) is 22.9 Å². The van der Waals surface area contributed by atoms with Crippen LogP contribution in [0.25, 0.3) is 0 Å². The lowest BCUT2D eigenvalue weighted by atomic mass is 10.2. The highest BCUT2D eigenvalue weighted by Crippen LogP contribution is 2.40. The second kappa shape index (κ2) is 5.43. The van der Waals surface area contributed by atoms with Gasteiger partial charge in [0.15, 0.2) is 0 Å². The summed E-state index contributed by atoms with van der Waals surface area (Å²) in [5.41, 5.74) is 0.586. The molecule has 0 atom stereocenters. The van der Waals surface area contributed by atoms with Crippen molar-refractivity contribution in [1.82, 2.24) is 0 Å². The van der Waals surface area contributed by atoms with E-state index >= 15 is 0 Å². The number of carbonyl (C=O) groups is 1. The standard InChI is InChI=1S/C12H17NO4/c1-8(14)13(2)12-10(16-4)6-9(15-3)7-11(12)17-5/h6-7H,1-5H3. The Morgan fingerprint density at radius 1 is 1.06 bits per heavy atom. The Balaban J connectivity index is 3.39. The summed E-state index contributed by atoms with van der Waals surface area (Å²) in [5.74, 6) is 1.56. The van der Waals surface area contributed by atoms with E-state index in [1.54, 1.807) is 26.3 Å². The molecule has 0 saturated heterocycles. The average Bonchev–Trinajstić information content (AvgIpc) is 2.35. The molecule has 0 heterocycles. The van der Waals surface area contributed by atoms with Gasteiger partial charge in [0.2, 0.25) is 5.91 Å². The van der Waals surface area contributed by atoms with Crippen molar-refractivity contribution in [3.8, 4) is 17.2 Å². The van der Waals surface area contributed by atoms with Crippen molar-refractivity contribution in [1.29, 1.82) is 0 Å². The van der Waals surface area contributed by atoms with Gasteiger partial charge in [0, 0.05) is 26.1 Å². The molecule has 0 aliphatic rings. The van der Waals surface area contributed by atoms with Crippen molar-refractivity contribution >= 4 is 11.6 Å². The number of nitrogens with zero attached hydrogens (tertiary/aromatic N) is 1. The molecule has 0 aliphatic heterocycles. The van der Waals surface area contributed by atoms with Crippen LogP contribution in [0.1, 0.15) is 6.92 Å². The summed E-state index contributed by atoms with van der Waals surface area (Å²) in [7, 11) is 6.29. The summed E-state index contributed by atoms with van der Waals surface area (Å²) >= 11 is 0. The SMILES string of the molecule is COc1cc(OC)c(N(C)C(C)=O)c(OC)c1. The smallest absolute Gasteiger partial charge is 0.223 e. The van der Waals surface area contributed by atoms with E-state index in [1.165, 1.54) is 26.0 Å². The Hall–Kier alpha value is -1.91. The minimum atomic E-state index is -0.105. The number of amides is 1. The van der Waals surface area contributed by atoms with Crippen molar-refractivity contribution in [2.45, 2.75) is 6.92 Å². The number of carbonyl (C=O) groups excluding carboxylic acids is 1. The summed E-state index contributed by atoms with van der Waals surface area (Å²) in [5, 5.41) is 0. The van der Waals surface area contributed by atoms with E-state index in [1.807, 2.05) is 0 Å². The van der Waals surface area contributed by atoms with Gasteiger partial charge in [-0.1, -0.05) is 0 Å². The van der Waals surface area contributed by atoms with Gasteiger partial charge in [0.05, 0.1) is 21.3 Å². The molecular weight excluding hydrogens is 222 g/mol. The Kier molecular flexibility index (Phi) is 4.20. The fraction of sp³-hybridized carbons (Fsp3) is 0.417. The number of hydrogen-bond donors (Lipinski definition) is 0. The maximum atomic E-state index is 11.4. The molecule has 5 nitrogen and oxygen atoms in total. The zero-order valence-corrected chi connectivity index (χ0v) is 10.7. The second-order valence-corrected chi connectivity index (χ2v) is 3.46. The lowest BCUT2D eigenvalue weighted by Gasteiger charge is -2.21. The topological polar surface area (TPSA) is 48.0 Å². The molecule has 0 N–H and O–H groups in total. The first-order valence-corrected chi connectivity index (χ1v) is 5.09. The van der Waals surface area contributed by atoms with E-state index in [-0.39, 0.29) is 5.91 Å². The van der Waals surface area contributed by atoms with Gasteiger partial charge in [-0.2, -0.15) is 0 Å². The van der Waals surface area contributed by atoms with Crippen LogP contribution >= 0.6 is 0 Å². The van der Waals surface area contributed by atoms with Crippen molar-refractivity contribution in [3.05, 3.63) is 12.1 Å². The lowest BCUT2D eigenvalue weighted by molar-refractivity contribution is -0.116. The Labute approximate surface area is 101 Å². The third kappa shape index (κ3) is 2.61. The van der Waals surface area contributed by atoms with Crippen molar-refractivity contribution in [2.24, 2.45) is 0 Å². The van der Waals surface area contributed by atoms with Crippen molar-refractivity contribution in [2.75, 3.05) is 33.3 Å². The predicted molar refractivity (Wildman–Crippen MR) is 65.2 cm³/mol. The van der Waals surface area contributed by atoms with E-state index in [2.05, 4.69) is 0 Å². The fourth-order valence-electron chi connectivity index (χ4n) is 1.48. The van der Waals surface area contributed by atoms with Gasteiger partial charge in [-0.3, -0.25) is 4.79 Å². The molecule has 94 valence electrons. The fourth-order valence-corrected chi connectivity index (χ4v) is 1.48. The van der Waals surface area contributed by atoms with E-state index in [9.17, 15) is 4.79 Å². The number of ether oxygens (including phenoxy) is 3. The molecule has 1 aromatic carbocycles. The number of methoxy groups -OCH3 is 3. The summed E-state index contributed by atoms with van der Waals surface area (Å²) < 4.78 is 15.6. The second-order valence-electron chi connectivity index (χ2n) is 3.46. The molecule has 0 aliphatic carbocycles. The lowest BCUT2D eigenvalue weighted by Crippen LogP contribution is -2.24. The van der Waals surface area contributed by atoms with Crippen LogP contribution in [0.15, 0.2) is 12.1 Å². The summed E-state index contributed by atoms with van der Waals surface area (Å²) in [4.78, 5) is 12.9. The molecule has 0 unspecified atom stereocenters. The van der Waals surface area contributed by atoms with Gasteiger partial charge in [-0.15, -0.1) is 0 Å². The van der Waals surface area contributed by atoms with E-state index in [0.717, 1.165) is 0 Å². The molecule has 1 aromatic rings. The van der Waals surface area contributed by atoms with Gasteiger partial charge in [-0.25, -0.2) is 0 Å². The molecule has 17 heavy (non-hydrogen) atoms. The van der Waals surface area contributed by atoms with Gasteiger partial charge >= 0.3 is 0 Å². The molecule has 1 rings (SSSR count). The monoisotopic (exact) mass is 239 g/mol. The first kappa shape index (κ1) is 13.2. The molecule has 0 fully saturated rings. The van der Waals surface area contributed by atoms with Crippen LogP contribution < -0.4 is 19.1 Å². The van der Waals surface area contributed by atoms with Crippen LogP contribution in [0.2, 0.25) is 0 Å². The number of anilines is 1. The first-order chi connectivity index (χ1) is 8.04. The largest absolute Gasteiger partial charge is 0.496 e. The quantitative estimate of drug-likeness (QED) is 0.802. The third-order valence-corrected chi connectivity index (χ3v) is 2.50. The molecule has 0 bridgehead atoms. The highest BCUT2D eigenvalue weighted by molar-refractivity contribution is 5.94. The molecule has 5 heteroatoms. The minimum Gasteiger partial charge on any atom is -0.496 e. The van der Waals surface area contributed by atoms with Gasteiger partial charge < -0.3 is 19.1 Å². The molecule has 0 spiro atoms. The third-order valence-electron chi connectivity index (χ3n) is 2.50. The van der Waals surface area contributed by atoms with Crippen molar-refractivity contribution < 1.29 is 19.0 Å².